The Bertz CT molecular complexity index is 918. The molecule has 0 bridgehead atoms. The molecule has 0 spiro atoms. The van der Waals surface area contributed by atoms with Crippen molar-refractivity contribution in [1.82, 2.24) is 9.97 Å². The number of nitrogens with zero attached hydrogens (tertiary/aromatic N) is 2. The van der Waals surface area contributed by atoms with Gasteiger partial charge in [-0.25, -0.2) is 4.85 Å². The molecule has 1 amide bonds. The minimum atomic E-state index is -0.201. The van der Waals surface area contributed by atoms with Gasteiger partial charge in [0.05, 0.1) is 18.5 Å². The Balaban J connectivity index is 1.94. The molecule has 2 heterocycles. The molecular formula is C19H16N4O. The van der Waals surface area contributed by atoms with Crippen molar-refractivity contribution in [3.8, 4) is 11.1 Å². The lowest BCUT2D eigenvalue weighted by Gasteiger charge is -2.05. The zero-order valence-electron chi connectivity index (χ0n) is 13.4. The van der Waals surface area contributed by atoms with Gasteiger partial charge in [-0.3, -0.25) is 9.78 Å². The van der Waals surface area contributed by atoms with Gasteiger partial charge in [0.15, 0.2) is 5.69 Å². The van der Waals surface area contributed by atoms with Crippen LogP contribution in [-0.2, 0) is 0 Å². The number of carbonyl (C=O) groups excluding carboxylic acids is 1. The van der Waals surface area contributed by atoms with Crippen molar-refractivity contribution < 1.29 is 4.79 Å². The summed E-state index contributed by atoms with van der Waals surface area (Å²) in [6.07, 6.45) is 3.26. The summed E-state index contributed by atoms with van der Waals surface area (Å²) in [7, 11) is 0. The van der Waals surface area contributed by atoms with Gasteiger partial charge in [-0.15, -0.1) is 0 Å². The quantitative estimate of drug-likeness (QED) is 0.699. The van der Waals surface area contributed by atoms with E-state index < -0.39 is 0 Å². The van der Waals surface area contributed by atoms with Crippen molar-refractivity contribution in [2.24, 2.45) is 0 Å². The first-order valence-corrected chi connectivity index (χ1v) is 7.48. The van der Waals surface area contributed by atoms with Crippen LogP contribution in [0.15, 0.2) is 48.8 Å². The standard InChI is InChI=1S/C19H16N4O/c1-12-17(14-6-8-15(20-3)9-7-14)13(2)22-18(12)19(24)23-16-5-4-10-21-11-16/h4-11,22H,1-2H3,(H,23,24). The molecule has 118 valence electrons. The second-order valence-electron chi connectivity index (χ2n) is 5.48. The molecule has 0 aliphatic heterocycles. The minimum absolute atomic E-state index is 0.201. The van der Waals surface area contributed by atoms with Gasteiger partial charge in [-0.05, 0) is 37.1 Å². The smallest absolute Gasteiger partial charge is 0.272 e. The summed E-state index contributed by atoms with van der Waals surface area (Å²) in [6, 6.07) is 10.9. The molecule has 0 unspecified atom stereocenters. The van der Waals surface area contributed by atoms with Crippen molar-refractivity contribution in [2.45, 2.75) is 13.8 Å². The number of amides is 1. The van der Waals surface area contributed by atoms with Gasteiger partial charge in [-0.2, -0.15) is 0 Å². The van der Waals surface area contributed by atoms with Gasteiger partial charge in [0.1, 0.15) is 5.69 Å². The molecule has 5 heteroatoms. The molecule has 0 fully saturated rings. The lowest BCUT2D eigenvalue weighted by molar-refractivity contribution is 0.102. The molecule has 0 saturated carbocycles. The zero-order chi connectivity index (χ0) is 17.1. The van der Waals surface area contributed by atoms with Crippen LogP contribution in [0, 0.1) is 20.4 Å². The van der Waals surface area contributed by atoms with Crippen molar-refractivity contribution >= 4 is 17.3 Å². The number of pyridine rings is 1. The number of aromatic amines is 1. The molecule has 3 aromatic rings. The van der Waals surface area contributed by atoms with Gasteiger partial charge in [0.2, 0.25) is 0 Å². The summed E-state index contributed by atoms with van der Waals surface area (Å²) >= 11 is 0. The summed E-state index contributed by atoms with van der Waals surface area (Å²) in [5, 5.41) is 2.84. The molecule has 24 heavy (non-hydrogen) atoms. The Morgan fingerprint density at radius 1 is 1.21 bits per heavy atom. The second kappa shape index (κ2) is 6.39. The summed E-state index contributed by atoms with van der Waals surface area (Å²) < 4.78 is 0. The Kier molecular flexibility index (Phi) is 4.13. The summed E-state index contributed by atoms with van der Waals surface area (Å²) in [4.78, 5) is 23.1. The summed E-state index contributed by atoms with van der Waals surface area (Å²) in [5.74, 6) is -0.201. The number of hydrogen-bond acceptors (Lipinski definition) is 2. The third kappa shape index (κ3) is 2.90. The molecule has 0 aliphatic carbocycles. The number of rotatable bonds is 3. The van der Waals surface area contributed by atoms with Gasteiger partial charge in [0, 0.05) is 17.5 Å². The highest BCUT2D eigenvalue weighted by atomic mass is 16.1. The highest BCUT2D eigenvalue weighted by molar-refractivity contribution is 6.05. The van der Waals surface area contributed by atoms with E-state index in [1.807, 2.05) is 26.0 Å². The number of hydrogen-bond donors (Lipinski definition) is 2. The topological polar surface area (TPSA) is 62.1 Å². The maximum absolute atomic E-state index is 12.5. The average Bonchev–Trinajstić information content (AvgIpc) is 2.90. The van der Waals surface area contributed by atoms with Crippen LogP contribution >= 0.6 is 0 Å². The molecule has 2 aromatic heterocycles. The highest BCUT2D eigenvalue weighted by Crippen LogP contribution is 2.31. The molecule has 1 aromatic carbocycles. The van der Waals surface area contributed by atoms with Crippen molar-refractivity contribution in [3.05, 3.63) is 77.2 Å². The van der Waals surface area contributed by atoms with Crippen LogP contribution in [-0.4, -0.2) is 15.9 Å². The second-order valence-corrected chi connectivity index (χ2v) is 5.48. The van der Waals surface area contributed by atoms with Crippen molar-refractivity contribution in [2.75, 3.05) is 5.32 Å². The number of carbonyl (C=O) groups is 1. The van der Waals surface area contributed by atoms with Crippen LogP contribution in [0.4, 0.5) is 11.4 Å². The van der Waals surface area contributed by atoms with Crippen LogP contribution in [0.3, 0.4) is 0 Å². The molecule has 3 rings (SSSR count). The third-order valence-corrected chi connectivity index (χ3v) is 3.87. The Labute approximate surface area is 140 Å². The molecular weight excluding hydrogens is 300 g/mol. The third-order valence-electron chi connectivity index (χ3n) is 3.87. The SMILES string of the molecule is [C-]#[N+]c1ccc(-c2c(C)[nH]c(C(=O)Nc3cccnc3)c2C)cc1. The number of anilines is 1. The zero-order valence-corrected chi connectivity index (χ0v) is 13.4. The fourth-order valence-corrected chi connectivity index (χ4v) is 2.74. The fourth-order valence-electron chi connectivity index (χ4n) is 2.74. The van der Waals surface area contributed by atoms with Crippen LogP contribution in [0.1, 0.15) is 21.7 Å². The van der Waals surface area contributed by atoms with Crippen molar-refractivity contribution in [1.29, 1.82) is 0 Å². The largest absolute Gasteiger partial charge is 0.354 e. The first-order chi connectivity index (χ1) is 11.6. The molecule has 0 saturated heterocycles. The van der Waals surface area contributed by atoms with Gasteiger partial charge >= 0.3 is 0 Å². The van der Waals surface area contributed by atoms with E-state index in [9.17, 15) is 4.79 Å². The van der Waals surface area contributed by atoms with E-state index >= 15 is 0 Å². The predicted molar refractivity (Wildman–Crippen MR) is 94.2 cm³/mol. The van der Waals surface area contributed by atoms with Gasteiger partial charge in [0.25, 0.3) is 5.91 Å². The number of nitrogens with one attached hydrogen (secondary N) is 2. The van der Waals surface area contributed by atoms with Crippen LogP contribution in [0.2, 0.25) is 0 Å². The monoisotopic (exact) mass is 316 g/mol. The van der Waals surface area contributed by atoms with Gasteiger partial charge in [-0.1, -0.05) is 24.3 Å². The normalized spacial score (nSPS) is 10.2. The van der Waals surface area contributed by atoms with Crippen LogP contribution in [0.5, 0.6) is 0 Å². The minimum Gasteiger partial charge on any atom is -0.354 e. The predicted octanol–water partition coefficient (Wildman–Crippen LogP) is 4.50. The molecule has 0 radical (unpaired) electrons. The van der Waals surface area contributed by atoms with Crippen LogP contribution < -0.4 is 5.32 Å². The Morgan fingerprint density at radius 2 is 1.96 bits per heavy atom. The highest BCUT2D eigenvalue weighted by Gasteiger charge is 2.18. The first-order valence-electron chi connectivity index (χ1n) is 7.48. The molecule has 0 atom stereocenters. The maximum atomic E-state index is 12.5. The van der Waals surface area contributed by atoms with Crippen molar-refractivity contribution in [3.63, 3.8) is 0 Å². The van der Waals surface area contributed by atoms with E-state index in [1.165, 1.54) is 0 Å². The summed E-state index contributed by atoms with van der Waals surface area (Å²) in [5.41, 5.74) is 5.54. The van der Waals surface area contributed by atoms with E-state index in [4.69, 9.17) is 6.57 Å². The van der Waals surface area contributed by atoms with E-state index in [0.29, 0.717) is 17.1 Å². The first kappa shape index (κ1) is 15.5. The number of H-pyrrole nitrogens is 1. The van der Waals surface area contributed by atoms with E-state index in [1.54, 1.807) is 36.7 Å². The lowest BCUT2D eigenvalue weighted by atomic mass is 10.0. The molecule has 5 nitrogen and oxygen atoms in total. The Morgan fingerprint density at radius 3 is 2.58 bits per heavy atom. The van der Waals surface area contributed by atoms with Gasteiger partial charge < -0.3 is 10.3 Å². The van der Waals surface area contributed by atoms with E-state index in [0.717, 1.165) is 22.4 Å². The van der Waals surface area contributed by atoms with Crippen LogP contribution in [0.25, 0.3) is 16.0 Å². The van der Waals surface area contributed by atoms with E-state index in [2.05, 4.69) is 20.1 Å². The Hall–Kier alpha value is -3.39. The maximum Gasteiger partial charge on any atom is 0.272 e. The molecule has 2 N–H and O–H groups in total. The number of aryl methyl sites for hydroxylation is 1. The number of benzene rings is 1. The lowest BCUT2D eigenvalue weighted by Crippen LogP contribution is -2.13. The van der Waals surface area contributed by atoms with E-state index in [-0.39, 0.29) is 5.91 Å². The fraction of sp³-hybridized carbons (Fsp3) is 0.105. The number of aromatic nitrogens is 2. The summed E-state index contributed by atoms with van der Waals surface area (Å²) in [6.45, 7) is 10.9. The average molecular weight is 316 g/mol. The molecule has 0 aliphatic rings.